The van der Waals surface area contributed by atoms with Crippen molar-refractivity contribution in [2.24, 2.45) is 0 Å². The van der Waals surface area contributed by atoms with Crippen LogP contribution >= 0.6 is 0 Å². The fourth-order valence-electron chi connectivity index (χ4n) is 5.39. The van der Waals surface area contributed by atoms with Crippen LogP contribution in [-0.2, 0) is 19.3 Å². The summed E-state index contributed by atoms with van der Waals surface area (Å²) in [5.41, 5.74) is 9.42. The van der Waals surface area contributed by atoms with E-state index in [1.165, 1.54) is 16.7 Å². The molecule has 5 nitrogen and oxygen atoms in total. The fraction of sp³-hybridized carbons (Fsp3) is 0.393. The number of nitriles is 1. The number of aromatic nitrogens is 1. The number of ether oxygens (including phenoxy) is 3. The average molecular weight is 445 g/mol. The van der Waals surface area contributed by atoms with Gasteiger partial charge in [-0.1, -0.05) is 13.8 Å². The van der Waals surface area contributed by atoms with E-state index in [0.717, 1.165) is 53.1 Å². The summed E-state index contributed by atoms with van der Waals surface area (Å²) in [5, 5.41) is 10.4. The zero-order valence-electron chi connectivity index (χ0n) is 20.6. The standard InChI is InChI=1S/C28H32N2O3/c1-8-18-11-21(12-19(9-2)28(18)33-7)26-17(4)30-16(3)10-20-13-24(31-5)25(32-6)14-22(20)27(30)23(26)15-29/h11-14,16H,8-10H2,1-7H3. The lowest BCUT2D eigenvalue weighted by Crippen LogP contribution is -2.17. The van der Waals surface area contributed by atoms with E-state index >= 15 is 0 Å². The van der Waals surface area contributed by atoms with Gasteiger partial charge in [0.2, 0.25) is 0 Å². The molecule has 33 heavy (non-hydrogen) atoms. The van der Waals surface area contributed by atoms with Crippen LogP contribution < -0.4 is 14.2 Å². The lowest BCUT2D eigenvalue weighted by molar-refractivity contribution is 0.354. The highest BCUT2D eigenvalue weighted by molar-refractivity contribution is 5.87. The van der Waals surface area contributed by atoms with Crippen molar-refractivity contribution < 1.29 is 14.2 Å². The number of hydrogen-bond acceptors (Lipinski definition) is 4. The van der Waals surface area contributed by atoms with Gasteiger partial charge in [-0.05, 0) is 79.6 Å². The molecule has 0 aliphatic carbocycles. The van der Waals surface area contributed by atoms with Crippen LogP contribution in [0.1, 0.15) is 54.8 Å². The maximum Gasteiger partial charge on any atom is 0.161 e. The largest absolute Gasteiger partial charge is 0.496 e. The third-order valence-electron chi connectivity index (χ3n) is 6.88. The second-order valence-electron chi connectivity index (χ2n) is 8.62. The zero-order valence-corrected chi connectivity index (χ0v) is 20.6. The zero-order chi connectivity index (χ0) is 23.9. The van der Waals surface area contributed by atoms with E-state index in [0.29, 0.717) is 17.1 Å². The Morgan fingerprint density at radius 2 is 1.58 bits per heavy atom. The van der Waals surface area contributed by atoms with Gasteiger partial charge >= 0.3 is 0 Å². The van der Waals surface area contributed by atoms with Gasteiger partial charge in [0.1, 0.15) is 11.8 Å². The molecule has 0 fully saturated rings. The van der Waals surface area contributed by atoms with Gasteiger partial charge in [0.05, 0.1) is 32.6 Å². The Labute approximate surface area is 196 Å². The first kappa shape index (κ1) is 22.8. The number of rotatable bonds is 6. The molecule has 1 unspecified atom stereocenters. The predicted molar refractivity (Wildman–Crippen MR) is 132 cm³/mol. The van der Waals surface area contributed by atoms with Crippen LogP contribution in [0.4, 0.5) is 0 Å². The van der Waals surface area contributed by atoms with Crippen molar-refractivity contribution in [1.82, 2.24) is 4.57 Å². The van der Waals surface area contributed by atoms with Gasteiger partial charge in [-0.3, -0.25) is 0 Å². The van der Waals surface area contributed by atoms with E-state index in [9.17, 15) is 5.26 Å². The number of nitrogens with zero attached hydrogens (tertiary/aromatic N) is 2. The minimum atomic E-state index is 0.223. The number of hydrogen-bond donors (Lipinski definition) is 0. The SMILES string of the molecule is CCc1cc(-c2c(C#N)c3n(c2C)C(C)Cc2cc(OC)c(OC)cc2-3)cc(CC)c1OC. The molecule has 3 aromatic rings. The Hall–Kier alpha value is -3.39. The highest BCUT2D eigenvalue weighted by Crippen LogP contribution is 2.48. The van der Waals surface area contributed by atoms with Crippen LogP contribution in [0, 0.1) is 18.3 Å². The summed E-state index contributed by atoms with van der Waals surface area (Å²) in [7, 11) is 5.03. The van der Waals surface area contributed by atoms with E-state index in [4.69, 9.17) is 14.2 Å². The summed E-state index contributed by atoms with van der Waals surface area (Å²) in [6.45, 7) is 8.62. The van der Waals surface area contributed by atoms with Gasteiger partial charge in [0, 0.05) is 22.9 Å². The summed E-state index contributed by atoms with van der Waals surface area (Å²) in [6.07, 6.45) is 2.61. The van der Waals surface area contributed by atoms with Crippen LogP contribution in [0.2, 0.25) is 0 Å². The van der Waals surface area contributed by atoms with Gasteiger partial charge in [-0.25, -0.2) is 0 Å². The van der Waals surface area contributed by atoms with Crippen molar-refractivity contribution in [2.45, 2.75) is 53.0 Å². The molecule has 0 amide bonds. The van der Waals surface area contributed by atoms with Crippen LogP contribution in [0.25, 0.3) is 22.4 Å². The number of methoxy groups -OCH3 is 3. The quantitative estimate of drug-likeness (QED) is 0.450. The van der Waals surface area contributed by atoms with E-state index in [-0.39, 0.29) is 6.04 Å². The van der Waals surface area contributed by atoms with Crippen molar-refractivity contribution in [3.05, 3.63) is 52.2 Å². The summed E-state index contributed by atoms with van der Waals surface area (Å²) in [6, 6.07) is 11.2. The topological polar surface area (TPSA) is 56.4 Å². The second kappa shape index (κ2) is 8.86. The smallest absolute Gasteiger partial charge is 0.161 e. The Balaban J connectivity index is 2.05. The third-order valence-corrected chi connectivity index (χ3v) is 6.88. The first-order chi connectivity index (χ1) is 15.9. The predicted octanol–water partition coefficient (Wildman–Crippen LogP) is 6.27. The molecule has 0 N–H and O–H groups in total. The van der Waals surface area contributed by atoms with Gasteiger partial charge in [-0.15, -0.1) is 0 Å². The van der Waals surface area contributed by atoms with Gasteiger partial charge in [-0.2, -0.15) is 5.26 Å². The molecular formula is C28H32N2O3. The van der Waals surface area contributed by atoms with E-state index in [1.54, 1.807) is 21.3 Å². The minimum absolute atomic E-state index is 0.223. The second-order valence-corrected chi connectivity index (χ2v) is 8.62. The molecule has 1 atom stereocenters. The lowest BCUT2D eigenvalue weighted by atomic mass is 9.90. The summed E-state index contributed by atoms with van der Waals surface area (Å²) < 4.78 is 19.2. The van der Waals surface area contributed by atoms with Crippen molar-refractivity contribution in [3.8, 4) is 45.7 Å². The molecule has 2 heterocycles. The molecular weight excluding hydrogens is 412 g/mol. The van der Waals surface area contributed by atoms with Crippen molar-refractivity contribution in [2.75, 3.05) is 21.3 Å². The van der Waals surface area contributed by atoms with Crippen LogP contribution in [0.5, 0.6) is 17.2 Å². The van der Waals surface area contributed by atoms with Gasteiger partial charge < -0.3 is 18.8 Å². The highest BCUT2D eigenvalue weighted by atomic mass is 16.5. The molecule has 1 aliphatic heterocycles. The normalized spacial score (nSPS) is 14.3. The van der Waals surface area contributed by atoms with E-state index < -0.39 is 0 Å². The third kappa shape index (κ3) is 3.45. The number of aryl methyl sites for hydroxylation is 2. The van der Waals surface area contributed by atoms with Gasteiger partial charge in [0.15, 0.2) is 11.5 Å². The van der Waals surface area contributed by atoms with Crippen LogP contribution in [0.3, 0.4) is 0 Å². The molecule has 5 heteroatoms. The Morgan fingerprint density at radius 3 is 2.09 bits per heavy atom. The molecule has 4 rings (SSSR count). The Bertz CT molecular complexity index is 1240. The summed E-state index contributed by atoms with van der Waals surface area (Å²) in [5.74, 6) is 2.35. The van der Waals surface area contributed by atoms with Gasteiger partial charge in [0.25, 0.3) is 0 Å². The number of benzene rings is 2. The average Bonchev–Trinajstić information content (AvgIpc) is 3.14. The number of fused-ring (bicyclic) bond motifs is 3. The van der Waals surface area contributed by atoms with Crippen molar-refractivity contribution in [1.29, 1.82) is 5.26 Å². The summed E-state index contributed by atoms with van der Waals surface area (Å²) in [4.78, 5) is 0. The molecule has 0 spiro atoms. The molecule has 0 saturated carbocycles. The Kier molecular flexibility index (Phi) is 6.12. The Morgan fingerprint density at radius 1 is 0.970 bits per heavy atom. The van der Waals surface area contributed by atoms with Crippen LogP contribution in [-0.4, -0.2) is 25.9 Å². The van der Waals surface area contributed by atoms with E-state index in [2.05, 4.69) is 56.5 Å². The minimum Gasteiger partial charge on any atom is -0.496 e. The first-order valence-corrected chi connectivity index (χ1v) is 11.5. The van der Waals surface area contributed by atoms with Crippen molar-refractivity contribution >= 4 is 0 Å². The first-order valence-electron chi connectivity index (χ1n) is 11.5. The van der Waals surface area contributed by atoms with Crippen molar-refractivity contribution in [3.63, 3.8) is 0 Å². The molecule has 1 aromatic heterocycles. The van der Waals surface area contributed by atoms with Crippen LogP contribution in [0.15, 0.2) is 24.3 Å². The summed E-state index contributed by atoms with van der Waals surface area (Å²) >= 11 is 0. The molecule has 172 valence electrons. The highest BCUT2D eigenvalue weighted by Gasteiger charge is 2.32. The molecule has 0 bridgehead atoms. The lowest BCUT2D eigenvalue weighted by Gasteiger charge is -2.28. The maximum absolute atomic E-state index is 10.4. The molecule has 0 saturated heterocycles. The maximum atomic E-state index is 10.4. The van der Waals surface area contributed by atoms with E-state index in [1.807, 2.05) is 6.07 Å². The molecule has 1 aliphatic rings. The monoisotopic (exact) mass is 444 g/mol. The molecule has 2 aromatic carbocycles. The molecule has 0 radical (unpaired) electrons. The fourth-order valence-corrected chi connectivity index (χ4v) is 5.39.